The minimum atomic E-state index is 0.323. The van der Waals surface area contributed by atoms with Gasteiger partial charge in [-0.2, -0.15) is 0 Å². The number of nitrogens with two attached hydrogens (primary N) is 1. The van der Waals surface area contributed by atoms with E-state index in [-0.39, 0.29) is 0 Å². The molecule has 1 aromatic heterocycles. The molecule has 0 amide bonds. The smallest absolute Gasteiger partial charge is 0.134 e. The van der Waals surface area contributed by atoms with E-state index in [0.717, 1.165) is 36.9 Å². The minimum absolute atomic E-state index is 0.323. The number of fused-ring (bicyclic) bond motifs is 1. The summed E-state index contributed by atoms with van der Waals surface area (Å²) in [6.45, 7) is 7.55. The molecule has 0 saturated carbocycles. The van der Waals surface area contributed by atoms with Crippen molar-refractivity contribution >= 4 is 11.0 Å². The normalized spacial score (nSPS) is 25.9. The van der Waals surface area contributed by atoms with Gasteiger partial charge in [0.15, 0.2) is 0 Å². The third kappa shape index (κ3) is 2.48. The number of hydrogen-bond acceptors (Lipinski definition) is 3. The highest BCUT2D eigenvalue weighted by atomic mass is 16.3. The fourth-order valence-corrected chi connectivity index (χ4v) is 3.22. The minimum Gasteiger partial charge on any atom is -0.459 e. The van der Waals surface area contributed by atoms with Crippen LogP contribution in [0.4, 0.5) is 0 Å². The molecule has 3 atom stereocenters. The van der Waals surface area contributed by atoms with Gasteiger partial charge in [-0.3, -0.25) is 4.90 Å². The third-order valence-corrected chi connectivity index (χ3v) is 4.85. The topological polar surface area (TPSA) is 42.4 Å². The molecule has 1 fully saturated rings. The second-order valence-electron chi connectivity index (χ2n) is 6.12. The molecule has 1 aromatic carbocycles. The highest BCUT2D eigenvalue weighted by Gasteiger charge is 2.29. The summed E-state index contributed by atoms with van der Waals surface area (Å²) in [5.41, 5.74) is 6.89. The van der Waals surface area contributed by atoms with Gasteiger partial charge < -0.3 is 10.2 Å². The van der Waals surface area contributed by atoms with Crippen molar-refractivity contribution in [1.29, 1.82) is 0 Å². The number of hydrogen-bond donors (Lipinski definition) is 1. The summed E-state index contributed by atoms with van der Waals surface area (Å²) in [5.74, 6) is 2.41. The van der Waals surface area contributed by atoms with E-state index in [0.29, 0.717) is 12.0 Å². The zero-order chi connectivity index (χ0) is 14.1. The molecule has 3 rings (SSSR count). The number of likely N-dealkylation sites (tertiary alicyclic amines) is 1. The Bertz CT molecular complexity index is 544. The molecular weight excluding hydrogens is 248 g/mol. The van der Waals surface area contributed by atoms with Crippen LogP contribution in [0.15, 0.2) is 34.7 Å². The summed E-state index contributed by atoms with van der Waals surface area (Å²) >= 11 is 0. The van der Waals surface area contributed by atoms with Crippen LogP contribution in [0, 0.1) is 11.8 Å². The first-order chi connectivity index (χ1) is 9.69. The Morgan fingerprint density at radius 2 is 2.20 bits per heavy atom. The largest absolute Gasteiger partial charge is 0.459 e. The Balaban J connectivity index is 1.79. The van der Waals surface area contributed by atoms with Gasteiger partial charge in [0.2, 0.25) is 0 Å². The van der Waals surface area contributed by atoms with E-state index in [4.69, 9.17) is 10.2 Å². The number of nitrogens with zero attached hydrogens (tertiary/aromatic N) is 1. The van der Waals surface area contributed by atoms with Crippen LogP contribution in [0.1, 0.15) is 32.1 Å². The lowest BCUT2D eigenvalue weighted by Crippen LogP contribution is -2.43. The molecule has 0 spiro atoms. The maximum Gasteiger partial charge on any atom is 0.134 e. The lowest BCUT2D eigenvalue weighted by atomic mass is 9.86. The quantitative estimate of drug-likeness (QED) is 0.931. The summed E-state index contributed by atoms with van der Waals surface area (Å²) in [6, 6.07) is 10.7. The lowest BCUT2D eigenvalue weighted by molar-refractivity contribution is 0.0892. The van der Waals surface area contributed by atoms with Crippen LogP contribution in [0.5, 0.6) is 0 Å². The molecule has 0 radical (unpaired) electrons. The van der Waals surface area contributed by atoms with Crippen LogP contribution in [-0.2, 0) is 0 Å². The first-order valence-corrected chi connectivity index (χ1v) is 7.61. The van der Waals surface area contributed by atoms with E-state index in [1.807, 2.05) is 12.1 Å². The Morgan fingerprint density at radius 1 is 1.40 bits per heavy atom. The average molecular weight is 272 g/mol. The van der Waals surface area contributed by atoms with Gasteiger partial charge in [0.1, 0.15) is 11.3 Å². The van der Waals surface area contributed by atoms with Crippen LogP contribution >= 0.6 is 0 Å². The Kier molecular flexibility index (Phi) is 3.81. The van der Waals surface area contributed by atoms with Gasteiger partial charge in [-0.1, -0.05) is 25.1 Å². The number of furan rings is 1. The van der Waals surface area contributed by atoms with E-state index < -0.39 is 0 Å². The van der Waals surface area contributed by atoms with Gasteiger partial charge in [-0.25, -0.2) is 0 Å². The first-order valence-electron chi connectivity index (χ1n) is 7.61. The van der Waals surface area contributed by atoms with Gasteiger partial charge in [-0.15, -0.1) is 0 Å². The van der Waals surface area contributed by atoms with Gasteiger partial charge in [-0.05, 0) is 50.4 Å². The molecule has 108 valence electrons. The van der Waals surface area contributed by atoms with Crippen LogP contribution in [0.2, 0.25) is 0 Å². The standard InChI is InChI=1S/C17H24N2O/c1-12-7-8-19(11-15(12)10-18)13(2)17-9-14-5-3-4-6-16(14)20-17/h3-6,9,12-13,15H,7-8,10-11,18H2,1-2H3. The Hall–Kier alpha value is -1.32. The average Bonchev–Trinajstić information content (AvgIpc) is 2.91. The zero-order valence-corrected chi connectivity index (χ0v) is 12.4. The molecule has 2 heterocycles. The molecule has 3 unspecified atom stereocenters. The lowest BCUT2D eigenvalue weighted by Gasteiger charge is -2.39. The monoisotopic (exact) mass is 272 g/mol. The molecule has 2 N–H and O–H groups in total. The summed E-state index contributed by atoms with van der Waals surface area (Å²) in [6.07, 6.45) is 1.23. The summed E-state index contributed by atoms with van der Waals surface area (Å²) in [7, 11) is 0. The van der Waals surface area contributed by atoms with Crippen LogP contribution < -0.4 is 5.73 Å². The predicted octanol–water partition coefficient (Wildman–Crippen LogP) is 3.41. The van der Waals surface area contributed by atoms with E-state index in [9.17, 15) is 0 Å². The number of para-hydroxylation sites is 1. The van der Waals surface area contributed by atoms with Crippen molar-refractivity contribution in [2.24, 2.45) is 17.6 Å². The zero-order valence-electron chi connectivity index (χ0n) is 12.4. The van der Waals surface area contributed by atoms with Crippen molar-refractivity contribution in [2.45, 2.75) is 26.3 Å². The first kappa shape index (κ1) is 13.7. The van der Waals surface area contributed by atoms with Crippen molar-refractivity contribution in [3.8, 4) is 0 Å². The van der Waals surface area contributed by atoms with Crippen molar-refractivity contribution in [1.82, 2.24) is 4.90 Å². The summed E-state index contributed by atoms with van der Waals surface area (Å²) < 4.78 is 6.01. The second kappa shape index (κ2) is 5.58. The molecule has 1 aliphatic rings. The van der Waals surface area contributed by atoms with Crippen molar-refractivity contribution in [3.63, 3.8) is 0 Å². The van der Waals surface area contributed by atoms with Gasteiger partial charge in [0, 0.05) is 11.9 Å². The highest BCUT2D eigenvalue weighted by Crippen LogP contribution is 2.32. The summed E-state index contributed by atoms with van der Waals surface area (Å²) in [5, 5.41) is 1.19. The Labute approximate surface area is 120 Å². The van der Waals surface area contributed by atoms with Gasteiger partial charge in [0.05, 0.1) is 6.04 Å². The van der Waals surface area contributed by atoms with E-state index in [1.165, 1.54) is 11.8 Å². The molecule has 0 bridgehead atoms. The SMILES string of the molecule is CC1CCN(C(C)c2cc3ccccc3o2)CC1CN. The molecule has 0 aliphatic carbocycles. The maximum absolute atomic E-state index is 6.01. The van der Waals surface area contributed by atoms with Crippen molar-refractivity contribution in [3.05, 3.63) is 36.1 Å². The summed E-state index contributed by atoms with van der Waals surface area (Å²) in [4.78, 5) is 2.51. The fraction of sp³-hybridized carbons (Fsp3) is 0.529. The van der Waals surface area contributed by atoms with Crippen molar-refractivity contribution in [2.75, 3.05) is 19.6 Å². The molecule has 1 saturated heterocycles. The molecular formula is C17H24N2O. The number of benzene rings is 1. The van der Waals surface area contributed by atoms with Crippen LogP contribution in [0.3, 0.4) is 0 Å². The number of rotatable bonds is 3. The molecule has 20 heavy (non-hydrogen) atoms. The van der Waals surface area contributed by atoms with Gasteiger partial charge in [0.25, 0.3) is 0 Å². The second-order valence-corrected chi connectivity index (χ2v) is 6.12. The Morgan fingerprint density at radius 3 is 2.95 bits per heavy atom. The molecule has 1 aliphatic heterocycles. The molecule has 3 nitrogen and oxygen atoms in total. The predicted molar refractivity (Wildman–Crippen MR) is 82.5 cm³/mol. The highest BCUT2D eigenvalue weighted by molar-refractivity contribution is 5.77. The van der Waals surface area contributed by atoms with E-state index in [1.54, 1.807) is 0 Å². The molecule has 3 heteroatoms. The van der Waals surface area contributed by atoms with Crippen LogP contribution in [0.25, 0.3) is 11.0 Å². The van der Waals surface area contributed by atoms with E-state index in [2.05, 4.69) is 36.9 Å². The molecule has 2 aromatic rings. The number of piperidine rings is 1. The van der Waals surface area contributed by atoms with Crippen LogP contribution in [-0.4, -0.2) is 24.5 Å². The van der Waals surface area contributed by atoms with Crippen molar-refractivity contribution < 1.29 is 4.42 Å². The maximum atomic E-state index is 6.01. The van der Waals surface area contributed by atoms with E-state index >= 15 is 0 Å². The van der Waals surface area contributed by atoms with Gasteiger partial charge >= 0.3 is 0 Å². The fourth-order valence-electron chi connectivity index (χ4n) is 3.22. The third-order valence-electron chi connectivity index (χ3n) is 4.85.